The second-order valence-electron chi connectivity index (χ2n) is 6.69. The first-order chi connectivity index (χ1) is 13.9. The van der Waals surface area contributed by atoms with E-state index in [2.05, 4.69) is 30.3 Å². The molecule has 0 amide bonds. The molecule has 2 aromatic heterocycles. The van der Waals surface area contributed by atoms with Crippen LogP contribution in [0, 0.1) is 0 Å². The Hall–Kier alpha value is -3.37. The number of aromatic nitrogens is 2. The second-order valence-corrected chi connectivity index (χ2v) is 7.65. The number of benzene rings is 4. The number of pyridine rings is 1. The van der Waals surface area contributed by atoms with Crippen molar-refractivity contribution < 1.29 is 4.42 Å². The molecule has 0 radical (unpaired) electrons. The van der Waals surface area contributed by atoms with Crippen molar-refractivity contribution in [3.63, 3.8) is 0 Å². The highest BCUT2D eigenvalue weighted by molar-refractivity contribution is 7.99. The van der Waals surface area contributed by atoms with Gasteiger partial charge in [-0.15, -0.1) is 0 Å². The van der Waals surface area contributed by atoms with Gasteiger partial charge in [-0.3, -0.25) is 0 Å². The number of hydrogen-bond acceptors (Lipinski definition) is 4. The van der Waals surface area contributed by atoms with Gasteiger partial charge in [-0.2, -0.15) is 0 Å². The molecule has 4 aromatic carbocycles. The lowest BCUT2D eigenvalue weighted by Gasteiger charge is -2.08. The highest BCUT2D eigenvalue weighted by Gasteiger charge is 2.15. The van der Waals surface area contributed by atoms with Crippen molar-refractivity contribution in [3.8, 4) is 0 Å². The monoisotopic (exact) mass is 378 g/mol. The molecule has 0 aliphatic carbocycles. The molecule has 6 aromatic rings. The number of fused-ring (bicyclic) bond motifs is 5. The van der Waals surface area contributed by atoms with Crippen LogP contribution in [0.4, 0.5) is 0 Å². The smallest absolute Gasteiger partial charge is 0.261 e. The SMILES string of the molecule is c1ccc2c(c1)ccc1oc(Sc3c4ccccc4nc4ccccc34)nc12. The molecule has 0 saturated carbocycles. The Kier molecular flexibility index (Phi) is 3.40. The van der Waals surface area contributed by atoms with Gasteiger partial charge in [0.25, 0.3) is 5.22 Å². The predicted molar refractivity (Wildman–Crippen MR) is 115 cm³/mol. The van der Waals surface area contributed by atoms with Crippen molar-refractivity contribution in [2.75, 3.05) is 0 Å². The molecule has 0 spiro atoms. The molecule has 0 aliphatic heterocycles. The van der Waals surface area contributed by atoms with Crippen molar-refractivity contribution in [2.24, 2.45) is 0 Å². The van der Waals surface area contributed by atoms with E-state index in [1.165, 1.54) is 5.39 Å². The van der Waals surface area contributed by atoms with E-state index in [-0.39, 0.29) is 0 Å². The minimum atomic E-state index is 0.646. The van der Waals surface area contributed by atoms with E-state index in [1.54, 1.807) is 11.8 Å². The molecule has 28 heavy (non-hydrogen) atoms. The molecule has 0 unspecified atom stereocenters. The maximum absolute atomic E-state index is 6.11. The van der Waals surface area contributed by atoms with Crippen LogP contribution < -0.4 is 0 Å². The van der Waals surface area contributed by atoms with Gasteiger partial charge in [0.2, 0.25) is 0 Å². The van der Waals surface area contributed by atoms with E-state index in [9.17, 15) is 0 Å². The molecule has 0 atom stereocenters. The van der Waals surface area contributed by atoms with Gasteiger partial charge in [0, 0.05) is 21.1 Å². The summed E-state index contributed by atoms with van der Waals surface area (Å²) < 4.78 is 6.11. The van der Waals surface area contributed by atoms with E-state index in [4.69, 9.17) is 14.4 Å². The third-order valence-corrected chi connectivity index (χ3v) is 5.98. The Morgan fingerprint density at radius 2 is 1.25 bits per heavy atom. The van der Waals surface area contributed by atoms with E-state index in [1.807, 2.05) is 54.6 Å². The summed E-state index contributed by atoms with van der Waals surface area (Å²) in [7, 11) is 0. The number of rotatable bonds is 2. The predicted octanol–water partition coefficient (Wildman–Crippen LogP) is 6.83. The number of para-hydroxylation sites is 2. The summed E-state index contributed by atoms with van der Waals surface area (Å²) in [6.07, 6.45) is 0. The number of nitrogens with zero attached hydrogens (tertiary/aromatic N) is 2. The van der Waals surface area contributed by atoms with E-state index < -0.39 is 0 Å². The molecule has 4 heteroatoms. The lowest BCUT2D eigenvalue weighted by molar-refractivity contribution is 0.489. The topological polar surface area (TPSA) is 38.9 Å². The lowest BCUT2D eigenvalue weighted by atomic mass is 10.1. The van der Waals surface area contributed by atoms with Crippen LogP contribution >= 0.6 is 11.8 Å². The van der Waals surface area contributed by atoms with Crippen molar-refractivity contribution in [3.05, 3.63) is 84.9 Å². The van der Waals surface area contributed by atoms with Crippen LogP contribution in [-0.2, 0) is 0 Å². The zero-order chi connectivity index (χ0) is 18.5. The maximum atomic E-state index is 6.11. The Morgan fingerprint density at radius 3 is 2.00 bits per heavy atom. The molecular formula is C24H14N2OS. The summed E-state index contributed by atoms with van der Waals surface area (Å²) in [5.74, 6) is 0. The number of oxazole rings is 1. The fourth-order valence-corrected chi connectivity index (χ4v) is 4.69. The molecule has 132 valence electrons. The van der Waals surface area contributed by atoms with Gasteiger partial charge in [-0.25, -0.2) is 9.97 Å². The van der Waals surface area contributed by atoms with E-state index >= 15 is 0 Å². The lowest BCUT2D eigenvalue weighted by Crippen LogP contribution is -1.87. The number of hydrogen-bond donors (Lipinski definition) is 0. The van der Waals surface area contributed by atoms with Crippen molar-refractivity contribution in [1.82, 2.24) is 9.97 Å². The molecule has 0 saturated heterocycles. The van der Waals surface area contributed by atoms with Crippen LogP contribution in [0.5, 0.6) is 0 Å². The van der Waals surface area contributed by atoms with E-state index in [0.29, 0.717) is 5.22 Å². The largest absolute Gasteiger partial charge is 0.431 e. The van der Waals surface area contributed by atoms with Gasteiger partial charge >= 0.3 is 0 Å². The zero-order valence-corrected chi connectivity index (χ0v) is 15.6. The first-order valence-electron chi connectivity index (χ1n) is 9.10. The van der Waals surface area contributed by atoms with Crippen LogP contribution in [0.2, 0.25) is 0 Å². The third kappa shape index (κ3) is 2.38. The van der Waals surface area contributed by atoms with Gasteiger partial charge < -0.3 is 4.42 Å². The molecular weight excluding hydrogens is 364 g/mol. The average Bonchev–Trinajstić information content (AvgIpc) is 3.17. The highest BCUT2D eigenvalue weighted by Crippen LogP contribution is 2.39. The third-order valence-electron chi connectivity index (χ3n) is 4.99. The highest BCUT2D eigenvalue weighted by atomic mass is 32.2. The molecule has 6 rings (SSSR count). The standard InChI is InChI=1S/C24H14N2OS/c1-2-8-16-15(7-1)13-14-21-22(16)26-24(27-21)28-23-17-9-3-5-11-19(17)25-20-12-6-4-10-18(20)23/h1-14H. The zero-order valence-electron chi connectivity index (χ0n) is 14.8. The summed E-state index contributed by atoms with van der Waals surface area (Å²) in [4.78, 5) is 10.7. The summed E-state index contributed by atoms with van der Waals surface area (Å²) in [5, 5.41) is 5.14. The summed E-state index contributed by atoms with van der Waals surface area (Å²) in [6.45, 7) is 0. The Bertz CT molecular complexity index is 1450. The van der Waals surface area contributed by atoms with Crippen LogP contribution in [0.3, 0.4) is 0 Å². The van der Waals surface area contributed by atoms with Crippen molar-refractivity contribution in [1.29, 1.82) is 0 Å². The fourth-order valence-electron chi connectivity index (χ4n) is 3.68. The Morgan fingerprint density at radius 1 is 0.607 bits per heavy atom. The van der Waals surface area contributed by atoms with Crippen LogP contribution in [0.25, 0.3) is 43.7 Å². The van der Waals surface area contributed by atoms with Gasteiger partial charge in [-0.05, 0) is 35.3 Å². The molecule has 3 nitrogen and oxygen atoms in total. The van der Waals surface area contributed by atoms with Crippen LogP contribution in [-0.4, -0.2) is 9.97 Å². The Balaban J connectivity index is 1.59. The minimum Gasteiger partial charge on any atom is -0.431 e. The van der Waals surface area contributed by atoms with Gasteiger partial charge in [0.05, 0.1) is 11.0 Å². The second kappa shape index (κ2) is 6.08. The van der Waals surface area contributed by atoms with Gasteiger partial charge in [0.15, 0.2) is 5.58 Å². The molecule has 0 aliphatic rings. The van der Waals surface area contributed by atoms with Gasteiger partial charge in [0.1, 0.15) is 5.52 Å². The minimum absolute atomic E-state index is 0.646. The average molecular weight is 378 g/mol. The van der Waals surface area contributed by atoms with Crippen molar-refractivity contribution in [2.45, 2.75) is 10.1 Å². The van der Waals surface area contributed by atoms with Gasteiger partial charge in [-0.1, -0.05) is 66.7 Å². The quantitative estimate of drug-likeness (QED) is 0.309. The molecule has 0 bridgehead atoms. The van der Waals surface area contributed by atoms with Crippen LogP contribution in [0.15, 0.2) is 99.5 Å². The Labute approximate surface area is 165 Å². The first kappa shape index (κ1) is 15.7. The van der Waals surface area contributed by atoms with Crippen molar-refractivity contribution >= 4 is 55.4 Å². The summed E-state index contributed by atoms with van der Waals surface area (Å²) >= 11 is 1.56. The fraction of sp³-hybridized carbons (Fsp3) is 0. The van der Waals surface area contributed by atoms with E-state index in [0.717, 1.165) is 43.2 Å². The van der Waals surface area contributed by atoms with Crippen LogP contribution in [0.1, 0.15) is 0 Å². The molecule has 2 heterocycles. The molecule has 0 N–H and O–H groups in total. The molecule has 0 fully saturated rings. The summed E-state index contributed by atoms with van der Waals surface area (Å²) in [5.41, 5.74) is 3.67. The normalized spacial score (nSPS) is 11.7. The summed E-state index contributed by atoms with van der Waals surface area (Å²) in [6, 6.07) is 28.8. The maximum Gasteiger partial charge on any atom is 0.261 e. The first-order valence-corrected chi connectivity index (χ1v) is 9.92.